The van der Waals surface area contributed by atoms with E-state index < -0.39 is 0 Å². The predicted octanol–water partition coefficient (Wildman–Crippen LogP) is 2.54. The van der Waals surface area contributed by atoms with E-state index in [-0.39, 0.29) is 6.61 Å². The van der Waals surface area contributed by atoms with Crippen LogP contribution in [0.25, 0.3) is 6.08 Å². The van der Waals surface area contributed by atoms with Crippen LogP contribution in [0.4, 0.5) is 5.69 Å². The lowest BCUT2D eigenvalue weighted by atomic mass is 10.2. The van der Waals surface area contributed by atoms with Crippen LogP contribution in [0.3, 0.4) is 0 Å². The summed E-state index contributed by atoms with van der Waals surface area (Å²) in [6, 6.07) is 8.37. The van der Waals surface area contributed by atoms with Crippen LogP contribution in [0.1, 0.15) is 19.4 Å². The van der Waals surface area contributed by atoms with Crippen LogP contribution in [0, 0.1) is 0 Å². The molecule has 0 unspecified atom stereocenters. The number of anilines is 1. The van der Waals surface area contributed by atoms with Crippen molar-refractivity contribution in [3.05, 3.63) is 35.9 Å². The molecular formula is C13H19NO. The highest BCUT2D eigenvalue weighted by Crippen LogP contribution is 2.15. The molecule has 1 N–H and O–H groups in total. The number of hydrogen-bond acceptors (Lipinski definition) is 2. The molecular weight excluding hydrogens is 186 g/mol. The van der Waals surface area contributed by atoms with E-state index in [0.717, 1.165) is 18.7 Å². The maximum Gasteiger partial charge on any atom is 0.0615 e. The lowest BCUT2D eigenvalue weighted by molar-refractivity contribution is 0.343. The fourth-order valence-corrected chi connectivity index (χ4v) is 1.57. The second-order valence-corrected chi connectivity index (χ2v) is 3.35. The molecule has 0 saturated heterocycles. The quantitative estimate of drug-likeness (QED) is 0.798. The zero-order chi connectivity index (χ0) is 11.1. The number of aliphatic hydroxyl groups excluding tert-OH is 1. The first-order valence-corrected chi connectivity index (χ1v) is 5.44. The molecule has 0 saturated carbocycles. The van der Waals surface area contributed by atoms with Gasteiger partial charge in [-0.05, 0) is 31.5 Å². The lowest BCUT2D eigenvalue weighted by Crippen LogP contribution is -2.21. The second-order valence-electron chi connectivity index (χ2n) is 3.35. The summed E-state index contributed by atoms with van der Waals surface area (Å²) >= 11 is 0. The minimum absolute atomic E-state index is 0.0950. The summed E-state index contributed by atoms with van der Waals surface area (Å²) in [5.74, 6) is 0. The molecule has 0 spiro atoms. The fourth-order valence-electron chi connectivity index (χ4n) is 1.57. The van der Waals surface area contributed by atoms with Crippen LogP contribution in [-0.4, -0.2) is 24.8 Å². The molecule has 0 aliphatic rings. The van der Waals surface area contributed by atoms with Gasteiger partial charge in [-0.25, -0.2) is 0 Å². The van der Waals surface area contributed by atoms with Crippen molar-refractivity contribution in [2.75, 3.05) is 24.6 Å². The Morgan fingerprint density at radius 3 is 2.20 bits per heavy atom. The van der Waals surface area contributed by atoms with Gasteiger partial charge in [-0.15, -0.1) is 0 Å². The molecule has 15 heavy (non-hydrogen) atoms. The summed E-state index contributed by atoms with van der Waals surface area (Å²) in [5, 5.41) is 8.65. The van der Waals surface area contributed by atoms with Crippen molar-refractivity contribution < 1.29 is 5.11 Å². The summed E-state index contributed by atoms with van der Waals surface area (Å²) in [5.41, 5.74) is 2.38. The van der Waals surface area contributed by atoms with E-state index in [2.05, 4.69) is 43.0 Å². The highest BCUT2D eigenvalue weighted by molar-refractivity contribution is 5.55. The molecule has 1 aromatic carbocycles. The molecule has 82 valence electrons. The molecule has 0 heterocycles. The van der Waals surface area contributed by atoms with E-state index in [9.17, 15) is 0 Å². The average Bonchev–Trinajstić information content (AvgIpc) is 2.29. The predicted molar refractivity (Wildman–Crippen MR) is 66.1 cm³/mol. The van der Waals surface area contributed by atoms with Crippen molar-refractivity contribution in [3.8, 4) is 0 Å². The van der Waals surface area contributed by atoms with Crippen LogP contribution in [0.15, 0.2) is 30.3 Å². The maximum absolute atomic E-state index is 8.65. The van der Waals surface area contributed by atoms with Gasteiger partial charge in [0.25, 0.3) is 0 Å². The molecule has 1 aromatic rings. The van der Waals surface area contributed by atoms with E-state index in [1.165, 1.54) is 5.69 Å². The van der Waals surface area contributed by atoms with E-state index in [4.69, 9.17) is 5.11 Å². The van der Waals surface area contributed by atoms with Crippen LogP contribution in [-0.2, 0) is 0 Å². The number of benzene rings is 1. The summed E-state index contributed by atoms with van der Waals surface area (Å²) in [4.78, 5) is 2.31. The molecule has 0 fully saturated rings. The van der Waals surface area contributed by atoms with Crippen molar-refractivity contribution in [1.82, 2.24) is 0 Å². The molecule has 1 rings (SSSR count). The van der Waals surface area contributed by atoms with Gasteiger partial charge >= 0.3 is 0 Å². The topological polar surface area (TPSA) is 23.5 Å². The molecule has 0 amide bonds. The fraction of sp³-hybridized carbons (Fsp3) is 0.385. The lowest BCUT2D eigenvalue weighted by Gasteiger charge is -2.20. The van der Waals surface area contributed by atoms with Crippen molar-refractivity contribution in [2.24, 2.45) is 0 Å². The van der Waals surface area contributed by atoms with Crippen molar-refractivity contribution in [3.63, 3.8) is 0 Å². The molecule has 0 radical (unpaired) electrons. The van der Waals surface area contributed by atoms with Gasteiger partial charge in [0.05, 0.1) is 6.61 Å². The van der Waals surface area contributed by atoms with Gasteiger partial charge in [-0.1, -0.05) is 24.3 Å². The van der Waals surface area contributed by atoms with Crippen molar-refractivity contribution in [1.29, 1.82) is 0 Å². The first-order chi connectivity index (χ1) is 7.31. The van der Waals surface area contributed by atoms with Crippen LogP contribution >= 0.6 is 0 Å². The Morgan fingerprint density at radius 2 is 1.73 bits per heavy atom. The van der Waals surface area contributed by atoms with Gasteiger partial charge < -0.3 is 10.0 Å². The number of rotatable bonds is 5. The first kappa shape index (κ1) is 11.8. The molecule has 0 bridgehead atoms. The Labute approximate surface area is 91.9 Å². The zero-order valence-corrected chi connectivity index (χ0v) is 9.48. The van der Waals surface area contributed by atoms with Crippen molar-refractivity contribution >= 4 is 11.8 Å². The standard InChI is InChI=1S/C13H19NO/c1-3-14(4-2)13-9-7-12(8-10-13)6-5-11-15/h5-10,15H,3-4,11H2,1-2H3/b6-5+. The van der Waals surface area contributed by atoms with Gasteiger partial charge in [0.2, 0.25) is 0 Å². The summed E-state index contributed by atoms with van der Waals surface area (Å²) < 4.78 is 0. The highest BCUT2D eigenvalue weighted by Gasteiger charge is 1.99. The van der Waals surface area contributed by atoms with Gasteiger partial charge in [0.15, 0.2) is 0 Å². The number of aliphatic hydroxyl groups is 1. The summed E-state index contributed by atoms with van der Waals surface area (Å²) in [7, 11) is 0. The second kappa shape index (κ2) is 6.25. The third-order valence-electron chi connectivity index (χ3n) is 2.44. The zero-order valence-electron chi connectivity index (χ0n) is 9.48. The number of nitrogens with zero attached hydrogens (tertiary/aromatic N) is 1. The van der Waals surface area contributed by atoms with Crippen LogP contribution in [0.5, 0.6) is 0 Å². The SMILES string of the molecule is CCN(CC)c1ccc(/C=C/CO)cc1. The molecule has 2 nitrogen and oxygen atoms in total. The smallest absolute Gasteiger partial charge is 0.0615 e. The summed E-state index contributed by atoms with van der Waals surface area (Å²) in [6.07, 6.45) is 3.67. The van der Waals surface area contributed by atoms with Crippen LogP contribution < -0.4 is 4.90 Å². The minimum Gasteiger partial charge on any atom is -0.392 e. The van der Waals surface area contributed by atoms with E-state index in [0.29, 0.717) is 0 Å². The van der Waals surface area contributed by atoms with Gasteiger partial charge in [-0.2, -0.15) is 0 Å². The molecule has 0 aromatic heterocycles. The van der Waals surface area contributed by atoms with E-state index in [1.807, 2.05) is 6.08 Å². The Kier molecular flexibility index (Phi) is 4.91. The molecule has 2 heteroatoms. The monoisotopic (exact) mass is 205 g/mol. The normalized spacial score (nSPS) is 10.9. The maximum atomic E-state index is 8.65. The first-order valence-electron chi connectivity index (χ1n) is 5.44. The highest BCUT2D eigenvalue weighted by atomic mass is 16.2. The van der Waals surface area contributed by atoms with Gasteiger partial charge in [-0.3, -0.25) is 0 Å². The molecule has 0 atom stereocenters. The Hall–Kier alpha value is -1.28. The average molecular weight is 205 g/mol. The van der Waals surface area contributed by atoms with E-state index in [1.54, 1.807) is 6.08 Å². The Bertz CT molecular complexity index is 299. The van der Waals surface area contributed by atoms with Crippen molar-refractivity contribution in [2.45, 2.75) is 13.8 Å². The third-order valence-corrected chi connectivity index (χ3v) is 2.44. The van der Waals surface area contributed by atoms with Gasteiger partial charge in [0, 0.05) is 18.8 Å². The number of hydrogen-bond donors (Lipinski definition) is 1. The summed E-state index contributed by atoms with van der Waals surface area (Å²) in [6.45, 7) is 6.47. The largest absolute Gasteiger partial charge is 0.392 e. The van der Waals surface area contributed by atoms with E-state index >= 15 is 0 Å². The van der Waals surface area contributed by atoms with Gasteiger partial charge in [0.1, 0.15) is 0 Å². The Morgan fingerprint density at radius 1 is 1.13 bits per heavy atom. The van der Waals surface area contributed by atoms with Crippen LogP contribution in [0.2, 0.25) is 0 Å². The minimum atomic E-state index is 0.0950. The third kappa shape index (κ3) is 3.40. The molecule has 0 aliphatic carbocycles. The molecule has 0 aliphatic heterocycles. The Balaban J connectivity index is 2.75.